The highest BCUT2D eigenvalue weighted by atomic mass is 35.5. The summed E-state index contributed by atoms with van der Waals surface area (Å²) in [4.78, 5) is 18.6. The lowest BCUT2D eigenvalue weighted by Crippen LogP contribution is -2.49. The molecule has 1 aliphatic rings. The Labute approximate surface area is 155 Å². The third-order valence-corrected chi connectivity index (χ3v) is 5.27. The first-order valence-corrected chi connectivity index (χ1v) is 8.80. The number of hydrogen-bond donors (Lipinski definition) is 1. The number of benzene rings is 1. The summed E-state index contributed by atoms with van der Waals surface area (Å²) in [7, 11) is 0. The van der Waals surface area contributed by atoms with Crippen molar-refractivity contribution in [2.75, 3.05) is 13.1 Å². The lowest BCUT2D eigenvalue weighted by molar-refractivity contribution is 0.0568. The molecule has 1 fully saturated rings. The average molecular weight is 388 g/mol. The molecule has 0 bridgehead atoms. The number of carbonyl (C=O) groups is 1. The van der Waals surface area contributed by atoms with Gasteiger partial charge >= 0.3 is 0 Å². The molecule has 2 unspecified atom stereocenters. The molecule has 1 aromatic carbocycles. The van der Waals surface area contributed by atoms with Crippen molar-refractivity contribution in [3.05, 3.63) is 40.9 Å². The molecule has 0 radical (unpaired) electrons. The predicted octanol–water partition coefficient (Wildman–Crippen LogP) is 3.71. The Bertz CT molecular complexity index is 735. The van der Waals surface area contributed by atoms with E-state index in [4.69, 9.17) is 5.73 Å². The van der Waals surface area contributed by atoms with Gasteiger partial charge in [0.05, 0.1) is 5.56 Å². The highest BCUT2D eigenvalue weighted by Gasteiger charge is 2.31. The minimum Gasteiger partial charge on any atom is -0.333 e. The maximum atomic E-state index is 13.9. The molecule has 1 saturated heterocycles. The van der Waals surface area contributed by atoms with Crippen LogP contribution in [0.5, 0.6) is 0 Å². The fourth-order valence-electron chi connectivity index (χ4n) is 3.08. The molecule has 4 nitrogen and oxygen atoms in total. The highest BCUT2D eigenvalue weighted by molar-refractivity contribution is 7.13. The van der Waals surface area contributed by atoms with Crippen LogP contribution in [0.25, 0.3) is 10.6 Å². The van der Waals surface area contributed by atoms with Gasteiger partial charge in [-0.3, -0.25) is 4.79 Å². The summed E-state index contributed by atoms with van der Waals surface area (Å²) in [6.07, 6.45) is 1.78. The van der Waals surface area contributed by atoms with Crippen LogP contribution in [0.4, 0.5) is 8.78 Å². The molecule has 8 heteroatoms. The third kappa shape index (κ3) is 3.99. The SMILES string of the molecule is CC1CCN(C(=O)c2csc(-c3c(F)cccc3F)n2)C(CN)C1.Cl. The first kappa shape index (κ1) is 19.8. The van der Waals surface area contributed by atoms with Crippen LogP contribution in [0.3, 0.4) is 0 Å². The molecule has 2 atom stereocenters. The Balaban J connectivity index is 0.00000225. The van der Waals surface area contributed by atoms with E-state index in [1.807, 2.05) is 0 Å². The smallest absolute Gasteiger partial charge is 0.273 e. The molecule has 1 amide bonds. The van der Waals surface area contributed by atoms with E-state index in [1.165, 1.54) is 18.2 Å². The molecule has 1 aliphatic heterocycles. The molecule has 1 aromatic heterocycles. The summed E-state index contributed by atoms with van der Waals surface area (Å²) < 4.78 is 27.8. The molecule has 2 N–H and O–H groups in total. The van der Waals surface area contributed by atoms with Crippen LogP contribution in [-0.4, -0.2) is 34.9 Å². The van der Waals surface area contributed by atoms with Gasteiger partial charge in [0.15, 0.2) is 0 Å². The Kier molecular flexibility index (Phi) is 6.48. The number of amides is 1. The van der Waals surface area contributed by atoms with E-state index >= 15 is 0 Å². The standard InChI is InChI=1S/C17H19F2N3OS.ClH/c1-10-5-6-22(11(7-10)8-20)17(23)14-9-24-16(21-14)15-12(18)3-2-4-13(15)19;/h2-4,9-11H,5-8,20H2,1H3;1H. The molecular weight excluding hydrogens is 368 g/mol. The zero-order chi connectivity index (χ0) is 17.3. The van der Waals surface area contributed by atoms with Crippen molar-refractivity contribution in [1.82, 2.24) is 9.88 Å². The van der Waals surface area contributed by atoms with Gasteiger partial charge in [0.2, 0.25) is 0 Å². The molecule has 2 aromatic rings. The molecule has 136 valence electrons. The Morgan fingerprint density at radius 2 is 2.08 bits per heavy atom. The van der Waals surface area contributed by atoms with E-state index in [0.29, 0.717) is 19.0 Å². The van der Waals surface area contributed by atoms with E-state index in [2.05, 4.69) is 11.9 Å². The van der Waals surface area contributed by atoms with Crippen molar-refractivity contribution in [2.45, 2.75) is 25.8 Å². The zero-order valence-corrected chi connectivity index (χ0v) is 15.4. The van der Waals surface area contributed by atoms with Crippen LogP contribution in [-0.2, 0) is 0 Å². The molecule has 0 aliphatic carbocycles. The number of nitrogens with two attached hydrogens (primary N) is 1. The number of piperidine rings is 1. The highest BCUT2D eigenvalue weighted by Crippen LogP contribution is 2.30. The summed E-state index contributed by atoms with van der Waals surface area (Å²) in [5, 5.41) is 1.72. The fraction of sp³-hybridized carbons (Fsp3) is 0.412. The van der Waals surface area contributed by atoms with Crippen LogP contribution in [0.1, 0.15) is 30.3 Å². The number of hydrogen-bond acceptors (Lipinski definition) is 4. The van der Waals surface area contributed by atoms with Crippen LogP contribution >= 0.6 is 23.7 Å². The summed E-state index contributed by atoms with van der Waals surface area (Å²) in [6, 6.07) is 3.64. The second kappa shape index (κ2) is 8.21. The quantitative estimate of drug-likeness (QED) is 0.873. The molecule has 3 rings (SSSR count). The maximum absolute atomic E-state index is 13.9. The van der Waals surface area contributed by atoms with Crippen LogP contribution < -0.4 is 5.73 Å². The number of thiazole rings is 1. The van der Waals surface area contributed by atoms with Crippen molar-refractivity contribution >= 4 is 29.7 Å². The normalized spacial score (nSPS) is 20.2. The topological polar surface area (TPSA) is 59.2 Å². The molecule has 0 saturated carbocycles. The summed E-state index contributed by atoms with van der Waals surface area (Å²) >= 11 is 1.06. The van der Waals surface area contributed by atoms with Crippen LogP contribution in [0.15, 0.2) is 23.6 Å². The minimum absolute atomic E-state index is 0. The van der Waals surface area contributed by atoms with Gasteiger partial charge in [-0.15, -0.1) is 23.7 Å². The predicted molar refractivity (Wildman–Crippen MR) is 97.0 cm³/mol. The number of nitrogens with zero attached hydrogens (tertiary/aromatic N) is 2. The maximum Gasteiger partial charge on any atom is 0.273 e. The van der Waals surface area contributed by atoms with Gasteiger partial charge in [0.1, 0.15) is 22.3 Å². The summed E-state index contributed by atoms with van der Waals surface area (Å²) in [6.45, 7) is 3.17. The van der Waals surface area contributed by atoms with E-state index < -0.39 is 11.6 Å². The Morgan fingerprint density at radius 1 is 1.40 bits per heavy atom. The van der Waals surface area contributed by atoms with Gasteiger partial charge in [-0.25, -0.2) is 13.8 Å². The second-order valence-corrected chi connectivity index (χ2v) is 7.01. The third-order valence-electron chi connectivity index (χ3n) is 4.41. The van der Waals surface area contributed by atoms with Crippen LogP contribution in [0, 0.1) is 17.6 Å². The van der Waals surface area contributed by atoms with Crippen molar-refractivity contribution in [3.8, 4) is 10.6 Å². The largest absolute Gasteiger partial charge is 0.333 e. The van der Waals surface area contributed by atoms with E-state index in [9.17, 15) is 13.6 Å². The van der Waals surface area contributed by atoms with E-state index in [0.717, 1.165) is 24.2 Å². The molecule has 2 heterocycles. The molecule has 25 heavy (non-hydrogen) atoms. The fourth-order valence-corrected chi connectivity index (χ4v) is 3.92. The number of aromatic nitrogens is 1. The number of halogens is 3. The number of likely N-dealkylation sites (tertiary alicyclic amines) is 1. The van der Waals surface area contributed by atoms with Gasteiger partial charge in [0.25, 0.3) is 5.91 Å². The van der Waals surface area contributed by atoms with Crippen molar-refractivity contribution < 1.29 is 13.6 Å². The van der Waals surface area contributed by atoms with Crippen molar-refractivity contribution in [2.24, 2.45) is 11.7 Å². The van der Waals surface area contributed by atoms with Gasteiger partial charge in [-0.05, 0) is 30.9 Å². The number of rotatable bonds is 3. The molecular formula is C17H20ClF2N3OS. The van der Waals surface area contributed by atoms with Crippen molar-refractivity contribution in [1.29, 1.82) is 0 Å². The lowest BCUT2D eigenvalue weighted by atomic mass is 9.92. The van der Waals surface area contributed by atoms with Crippen molar-refractivity contribution in [3.63, 3.8) is 0 Å². The van der Waals surface area contributed by atoms with Gasteiger partial charge in [-0.1, -0.05) is 13.0 Å². The van der Waals surface area contributed by atoms with Gasteiger partial charge < -0.3 is 10.6 Å². The van der Waals surface area contributed by atoms with E-state index in [1.54, 1.807) is 10.3 Å². The first-order chi connectivity index (χ1) is 11.5. The molecule has 0 spiro atoms. The van der Waals surface area contributed by atoms with Gasteiger partial charge in [-0.2, -0.15) is 0 Å². The second-order valence-electron chi connectivity index (χ2n) is 6.15. The zero-order valence-electron chi connectivity index (χ0n) is 13.7. The van der Waals surface area contributed by atoms with Crippen LogP contribution in [0.2, 0.25) is 0 Å². The number of carbonyl (C=O) groups excluding carboxylic acids is 1. The van der Waals surface area contributed by atoms with Gasteiger partial charge in [0, 0.05) is 24.5 Å². The Hall–Kier alpha value is -1.57. The monoisotopic (exact) mass is 387 g/mol. The summed E-state index contributed by atoms with van der Waals surface area (Å²) in [5.41, 5.74) is 5.82. The first-order valence-electron chi connectivity index (χ1n) is 7.92. The minimum atomic E-state index is -0.685. The average Bonchev–Trinajstić information content (AvgIpc) is 3.03. The Morgan fingerprint density at radius 3 is 2.72 bits per heavy atom. The summed E-state index contributed by atoms with van der Waals surface area (Å²) in [5.74, 6) is -1.07. The van der Waals surface area contributed by atoms with E-state index in [-0.39, 0.29) is 40.6 Å². The lowest BCUT2D eigenvalue weighted by Gasteiger charge is -2.37.